The Labute approximate surface area is 139 Å². The van der Waals surface area contributed by atoms with Gasteiger partial charge < -0.3 is 14.8 Å². The first-order valence-electron chi connectivity index (χ1n) is 8.48. The number of ether oxygens (including phenoxy) is 2. The first kappa shape index (κ1) is 17.2. The Hall–Kier alpha value is -2.16. The summed E-state index contributed by atoms with van der Waals surface area (Å²) in [6.07, 6.45) is 2.01. The van der Waals surface area contributed by atoms with Crippen molar-refractivity contribution in [1.29, 1.82) is 0 Å². The standard InChI is InChI=1S/C20H27NO2/c1-4-13-23-19-12-11-16(14-20(19)22-6-3)15-21-18-10-8-7-9-17(18)5-2/h7-12,14,21H,4-6,13,15H2,1-3H3. The molecule has 0 fully saturated rings. The third-order valence-electron chi connectivity index (χ3n) is 3.65. The number of hydrogen-bond donors (Lipinski definition) is 1. The average molecular weight is 313 g/mol. The van der Waals surface area contributed by atoms with E-state index in [4.69, 9.17) is 9.47 Å². The van der Waals surface area contributed by atoms with Crippen LogP contribution < -0.4 is 14.8 Å². The van der Waals surface area contributed by atoms with Gasteiger partial charge in [-0.3, -0.25) is 0 Å². The molecule has 1 N–H and O–H groups in total. The minimum Gasteiger partial charge on any atom is -0.490 e. The smallest absolute Gasteiger partial charge is 0.161 e. The quantitative estimate of drug-likeness (QED) is 0.703. The zero-order chi connectivity index (χ0) is 16.5. The molecule has 0 atom stereocenters. The van der Waals surface area contributed by atoms with Crippen LogP contribution in [0.3, 0.4) is 0 Å². The van der Waals surface area contributed by atoms with Crippen molar-refractivity contribution in [3.63, 3.8) is 0 Å². The van der Waals surface area contributed by atoms with Crippen molar-refractivity contribution < 1.29 is 9.47 Å². The van der Waals surface area contributed by atoms with Gasteiger partial charge in [-0.05, 0) is 49.1 Å². The van der Waals surface area contributed by atoms with Gasteiger partial charge in [-0.1, -0.05) is 38.1 Å². The maximum atomic E-state index is 5.75. The summed E-state index contributed by atoms with van der Waals surface area (Å²) in [5, 5.41) is 3.52. The monoisotopic (exact) mass is 313 g/mol. The molecule has 0 heterocycles. The number of aryl methyl sites for hydroxylation is 1. The van der Waals surface area contributed by atoms with E-state index in [1.54, 1.807) is 0 Å². The van der Waals surface area contributed by atoms with Crippen molar-refractivity contribution in [2.45, 2.75) is 40.2 Å². The fourth-order valence-corrected chi connectivity index (χ4v) is 2.46. The zero-order valence-corrected chi connectivity index (χ0v) is 14.4. The van der Waals surface area contributed by atoms with Crippen LogP contribution in [0.2, 0.25) is 0 Å². The van der Waals surface area contributed by atoms with E-state index >= 15 is 0 Å². The molecule has 0 aromatic heterocycles. The summed E-state index contributed by atoms with van der Waals surface area (Å²) in [6, 6.07) is 14.6. The van der Waals surface area contributed by atoms with E-state index in [0.29, 0.717) is 13.2 Å². The Bertz CT molecular complexity index is 610. The average Bonchev–Trinajstić information content (AvgIpc) is 2.59. The van der Waals surface area contributed by atoms with Crippen LogP contribution in [0.4, 0.5) is 5.69 Å². The van der Waals surface area contributed by atoms with Crippen LogP contribution in [0.1, 0.15) is 38.3 Å². The van der Waals surface area contributed by atoms with E-state index in [-0.39, 0.29) is 0 Å². The molecule has 0 amide bonds. The third-order valence-corrected chi connectivity index (χ3v) is 3.65. The van der Waals surface area contributed by atoms with E-state index in [0.717, 1.165) is 30.9 Å². The van der Waals surface area contributed by atoms with E-state index < -0.39 is 0 Å². The summed E-state index contributed by atoms with van der Waals surface area (Å²) in [4.78, 5) is 0. The van der Waals surface area contributed by atoms with Gasteiger partial charge >= 0.3 is 0 Å². The number of nitrogens with one attached hydrogen (secondary N) is 1. The van der Waals surface area contributed by atoms with E-state index in [9.17, 15) is 0 Å². The van der Waals surface area contributed by atoms with Crippen LogP contribution in [-0.2, 0) is 13.0 Å². The molecule has 0 saturated heterocycles. The molecule has 3 heteroatoms. The topological polar surface area (TPSA) is 30.5 Å². The highest BCUT2D eigenvalue weighted by atomic mass is 16.5. The highest BCUT2D eigenvalue weighted by molar-refractivity contribution is 5.52. The van der Waals surface area contributed by atoms with Gasteiger partial charge in [0, 0.05) is 12.2 Å². The molecule has 2 aromatic rings. The van der Waals surface area contributed by atoms with Gasteiger partial charge in [-0.2, -0.15) is 0 Å². The molecule has 0 unspecified atom stereocenters. The molecular weight excluding hydrogens is 286 g/mol. The van der Waals surface area contributed by atoms with Gasteiger partial charge in [0.25, 0.3) is 0 Å². The lowest BCUT2D eigenvalue weighted by Crippen LogP contribution is -2.04. The minimum atomic E-state index is 0.637. The Morgan fingerprint density at radius 2 is 1.74 bits per heavy atom. The summed E-state index contributed by atoms with van der Waals surface area (Å²) in [6.45, 7) is 8.38. The van der Waals surface area contributed by atoms with Crippen molar-refractivity contribution in [3.8, 4) is 11.5 Å². The molecular formula is C20H27NO2. The summed E-state index contributed by atoms with van der Waals surface area (Å²) in [5.74, 6) is 1.65. The molecule has 3 nitrogen and oxygen atoms in total. The largest absolute Gasteiger partial charge is 0.490 e. The van der Waals surface area contributed by atoms with Crippen LogP contribution in [-0.4, -0.2) is 13.2 Å². The van der Waals surface area contributed by atoms with Gasteiger partial charge in [0.1, 0.15) is 0 Å². The predicted molar refractivity (Wildman–Crippen MR) is 96.5 cm³/mol. The predicted octanol–water partition coefficient (Wildman–Crippen LogP) is 5.05. The lowest BCUT2D eigenvalue weighted by molar-refractivity contribution is 0.276. The number of rotatable bonds is 9. The molecule has 0 bridgehead atoms. The van der Waals surface area contributed by atoms with Crippen molar-refractivity contribution in [2.75, 3.05) is 18.5 Å². The third kappa shape index (κ3) is 4.92. The van der Waals surface area contributed by atoms with Crippen LogP contribution in [0.5, 0.6) is 11.5 Å². The van der Waals surface area contributed by atoms with Crippen molar-refractivity contribution >= 4 is 5.69 Å². The fourth-order valence-electron chi connectivity index (χ4n) is 2.46. The minimum absolute atomic E-state index is 0.637. The Morgan fingerprint density at radius 1 is 0.913 bits per heavy atom. The molecule has 0 aliphatic heterocycles. The highest BCUT2D eigenvalue weighted by Crippen LogP contribution is 2.29. The number of anilines is 1. The first-order chi connectivity index (χ1) is 11.3. The molecule has 0 radical (unpaired) electrons. The van der Waals surface area contributed by atoms with Crippen LogP contribution in [0.15, 0.2) is 42.5 Å². The van der Waals surface area contributed by atoms with Crippen molar-refractivity contribution in [2.24, 2.45) is 0 Å². The number of para-hydroxylation sites is 1. The Morgan fingerprint density at radius 3 is 2.48 bits per heavy atom. The highest BCUT2D eigenvalue weighted by Gasteiger charge is 2.07. The SMILES string of the molecule is CCCOc1ccc(CNc2ccccc2CC)cc1OCC. The fraction of sp³-hybridized carbons (Fsp3) is 0.400. The number of hydrogen-bond acceptors (Lipinski definition) is 3. The molecule has 2 aromatic carbocycles. The van der Waals surface area contributed by atoms with Gasteiger partial charge in [-0.25, -0.2) is 0 Å². The van der Waals surface area contributed by atoms with Gasteiger partial charge in [0.15, 0.2) is 11.5 Å². The normalized spacial score (nSPS) is 10.4. The van der Waals surface area contributed by atoms with Crippen LogP contribution in [0.25, 0.3) is 0 Å². The van der Waals surface area contributed by atoms with Crippen molar-refractivity contribution in [3.05, 3.63) is 53.6 Å². The molecule has 0 spiro atoms. The second-order valence-corrected chi connectivity index (χ2v) is 5.43. The lowest BCUT2D eigenvalue weighted by Gasteiger charge is -2.14. The first-order valence-corrected chi connectivity index (χ1v) is 8.48. The summed E-state index contributed by atoms with van der Waals surface area (Å²) in [7, 11) is 0. The maximum absolute atomic E-state index is 5.75. The van der Waals surface area contributed by atoms with E-state index in [2.05, 4.69) is 55.6 Å². The van der Waals surface area contributed by atoms with Gasteiger partial charge in [-0.15, -0.1) is 0 Å². The molecule has 0 aliphatic rings. The second kappa shape index (κ2) is 9.09. The molecule has 124 valence electrons. The Balaban J connectivity index is 2.09. The summed E-state index contributed by atoms with van der Waals surface area (Å²) in [5.41, 5.74) is 3.71. The van der Waals surface area contributed by atoms with E-state index in [1.807, 2.05) is 13.0 Å². The molecule has 2 rings (SSSR count). The van der Waals surface area contributed by atoms with E-state index in [1.165, 1.54) is 16.8 Å². The summed E-state index contributed by atoms with van der Waals surface area (Å²) >= 11 is 0. The summed E-state index contributed by atoms with van der Waals surface area (Å²) < 4.78 is 11.5. The molecule has 23 heavy (non-hydrogen) atoms. The lowest BCUT2D eigenvalue weighted by atomic mass is 10.1. The van der Waals surface area contributed by atoms with Crippen molar-refractivity contribution in [1.82, 2.24) is 0 Å². The maximum Gasteiger partial charge on any atom is 0.161 e. The Kier molecular flexibility index (Phi) is 6.79. The molecule has 0 aliphatic carbocycles. The van der Waals surface area contributed by atoms with Gasteiger partial charge in [0.05, 0.1) is 13.2 Å². The zero-order valence-electron chi connectivity index (χ0n) is 14.4. The van der Waals surface area contributed by atoms with Gasteiger partial charge in [0.2, 0.25) is 0 Å². The second-order valence-electron chi connectivity index (χ2n) is 5.43. The van der Waals surface area contributed by atoms with Crippen LogP contribution >= 0.6 is 0 Å². The number of benzene rings is 2. The molecule has 0 saturated carbocycles. The van der Waals surface area contributed by atoms with Crippen LogP contribution in [0, 0.1) is 0 Å².